The van der Waals surface area contributed by atoms with Crippen LogP contribution in [0.15, 0.2) is 152 Å². The maximum Gasteiger partial charge on any atom is 0.160 e. The van der Waals surface area contributed by atoms with Gasteiger partial charge in [-0.2, -0.15) is 5.26 Å². The first-order chi connectivity index (χ1) is 22.7. The average molecular weight is 588 g/mol. The molecule has 5 nitrogen and oxygen atoms in total. The smallest absolute Gasteiger partial charge is 0.160 e. The second-order valence-corrected chi connectivity index (χ2v) is 11.1. The fourth-order valence-corrected chi connectivity index (χ4v) is 5.73. The van der Waals surface area contributed by atoms with Crippen molar-refractivity contribution in [3.05, 3.63) is 157 Å². The van der Waals surface area contributed by atoms with Crippen LogP contribution in [0.2, 0.25) is 0 Å². The van der Waals surface area contributed by atoms with E-state index in [2.05, 4.69) is 60.7 Å². The normalized spacial score (nSPS) is 11.0. The van der Waals surface area contributed by atoms with Crippen molar-refractivity contribution in [1.29, 1.82) is 5.26 Å². The van der Waals surface area contributed by atoms with Crippen LogP contribution in [0.25, 0.3) is 78.2 Å². The Balaban J connectivity index is 1.24. The maximum atomic E-state index is 9.34. The predicted molar refractivity (Wildman–Crippen MR) is 185 cm³/mol. The van der Waals surface area contributed by atoms with Crippen LogP contribution < -0.4 is 0 Å². The van der Waals surface area contributed by atoms with Gasteiger partial charge in [-0.05, 0) is 47.2 Å². The van der Waals surface area contributed by atoms with E-state index in [0.717, 1.165) is 72.4 Å². The Kier molecular flexibility index (Phi) is 6.79. The lowest BCUT2D eigenvalue weighted by Crippen LogP contribution is -1.97. The Morgan fingerprint density at radius 3 is 1.50 bits per heavy atom. The molecular weight excluding hydrogens is 562 g/mol. The predicted octanol–water partition coefficient (Wildman–Crippen LogP) is 9.78. The first-order valence-corrected chi connectivity index (χ1v) is 15.0. The van der Waals surface area contributed by atoms with Crippen molar-refractivity contribution in [3.8, 4) is 62.5 Å². The number of rotatable bonds is 5. The third kappa shape index (κ3) is 5.15. The second-order valence-electron chi connectivity index (χ2n) is 11.1. The molecule has 0 unspecified atom stereocenters. The van der Waals surface area contributed by atoms with E-state index in [9.17, 15) is 5.26 Å². The van der Waals surface area contributed by atoms with Gasteiger partial charge in [0, 0.05) is 27.8 Å². The molecular formula is C41H25N5. The molecule has 0 amide bonds. The summed E-state index contributed by atoms with van der Waals surface area (Å²) in [5.41, 5.74) is 10.5. The molecule has 0 spiro atoms. The summed E-state index contributed by atoms with van der Waals surface area (Å²) in [6.45, 7) is 0. The molecule has 6 aromatic carbocycles. The van der Waals surface area contributed by atoms with Crippen molar-refractivity contribution >= 4 is 21.8 Å². The van der Waals surface area contributed by atoms with E-state index >= 15 is 0 Å². The van der Waals surface area contributed by atoms with Crippen LogP contribution in [0.4, 0.5) is 0 Å². The number of hydrogen-bond donors (Lipinski definition) is 0. The van der Waals surface area contributed by atoms with Crippen LogP contribution in [0.5, 0.6) is 0 Å². The largest absolute Gasteiger partial charge is 0.244 e. The Labute approximate surface area is 266 Å². The van der Waals surface area contributed by atoms with Crippen LogP contribution >= 0.6 is 0 Å². The highest BCUT2D eigenvalue weighted by molar-refractivity contribution is 5.92. The molecule has 0 bridgehead atoms. The third-order valence-corrected chi connectivity index (χ3v) is 8.10. The van der Waals surface area contributed by atoms with Crippen LogP contribution in [0, 0.1) is 11.3 Å². The summed E-state index contributed by atoms with van der Waals surface area (Å²) in [6.07, 6.45) is 0. The van der Waals surface area contributed by atoms with Crippen LogP contribution in [-0.2, 0) is 0 Å². The molecule has 5 heteroatoms. The summed E-state index contributed by atoms with van der Waals surface area (Å²) >= 11 is 0. The summed E-state index contributed by atoms with van der Waals surface area (Å²) < 4.78 is 0. The Morgan fingerprint density at radius 1 is 0.391 bits per heavy atom. The lowest BCUT2D eigenvalue weighted by Gasteiger charge is -2.13. The van der Waals surface area contributed by atoms with Crippen molar-refractivity contribution in [3.63, 3.8) is 0 Å². The topological polar surface area (TPSA) is 75.3 Å². The summed E-state index contributed by atoms with van der Waals surface area (Å²) in [6, 6.07) is 52.8. The lowest BCUT2D eigenvalue weighted by molar-refractivity contribution is 1.18. The van der Waals surface area contributed by atoms with E-state index in [1.807, 2.05) is 97.1 Å². The van der Waals surface area contributed by atoms with Gasteiger partial charge in [0.15, 0.2) is 5.82 Å². The van der Waals surface area contributed by atoms with Gasteiger partial charge in [0.2, 0.25) is 0 Å². The zero-order valence-corrected chi connectivity index (χ0v) is 24.7. The summed E-state index contributed by atoms with van der Waals surface area (Å²) in [7, 11) is 0. The Bertz CT molecular complexity index is 2350. The molecule has 8 aromatic rings. The van der Waals surface area contributed by atoms with Crippen LogP contribution in [0.3, 0.4) is 0 Å². The minimum absolute atomic E-state index is 0.640. The third-order valence-electron chi connectivity index (χ3n) is 8.10. The van der Waals surface area contributed by atoms with Crippen molar-refractivity contribution in [2.45, 2.75) is 0 Å². The molecule has 0 fully saturated rings. The molecule has 0 radical (unpaired) electrons. The van der Waals surface area contributed by atoms with Gasteiger partial charge in [0.25, 0.3) is 0 Å². The Hall–Kier alpha value is -6.51. The molecule has 0 aliphatic carbocycles. The van der Waals surface area contributed by atoms with Gasteiger partial charge in [-0.1, -0.05) is 115 Å². The monoisotopic (exact) mass is 587 g/mol. The first kappa shape index (κ1) is 27.1. The molecule has 8 rings (SSSR count). The van der Waals surface area contributed by atoms with E-state index in [1.54, 1.807) is 0 Å². The number of benzene rings is 6. The minimum Gasteiger partial charge on any atom is -0.244 e. The molecule has 46 heavy (non-hydrogen) atoms. The standard InChI is InChI=1S/C41H25N5/c42-26-27-15-16-33-24-34(22-21-32(33)23-27)40-39(43-35-13-7-8-14-36(35)44-40)30-17-19-31(20-18-30)41-45-37(28-9-3-1-4-10-28)25-38(46-41)29-11-5-2-6-12-29/h1-25H. The molecule has 0 N–H and O–H groups in total. The van der Waals surface area contributed by atoms with Gasteiger partial charge in [-0.3, -0.25) is 0 Å². The zero-order chi connectivity index (χ0) is 30.9. The molecule has 0 saturated carbocycles. The molecule has 214 valence electrons. The van der Waals surface area contributed by atoms with E-state index in [0.29, 0.717) is 11.4 Å². The van der Waals surface area contributed by atoms with Gasteiger partial charge >= 0.3 is 0 Å². The van der Waals surface area contributed by atoms with Gasteiger partial charge in [-0.25, -0.2) is 19.9 Å². The van der Waals surface area contributed by atoms with Crippen LogP contribution in [-0.4, -0.2) is 19.9 Å². The van der Waals surface area contributed by atoms with Gasteiger partial charge < -0.3 is 0 Å². The highest BCUT2D eigenvalue weighted by Crippen LogP contribution is 2.34. The van der Waals surface area contributed by atoms with Crippen molar-refractivity contribution in [2.24, 2.45) is 0 Å². The van der Waals surface area contributed by atoms with E-state index in [4.69, 9.17) is 19.9 Å². The summed E-state index contributed by atoms with van der Waals surface area (Å²) in [4.78, 5) is 20.2. The zero-order valence-electron chi connectivity index (χ0n) is 24.7. The Morgan fingerprint density at radius 2 is 0.891 bits per heavy atom. The van der Waals surface area contributed by atoms with E-state index < -0.39 is 0 Å². The quantitative estimate of drug-likeness (QED) is 0.200. The highest BCUT2D eigenvalue weighted by Gasteiger charge is 2.16. The summed E-state index contributed by atoms with van der Waals surface area (Å²) in [5, 5.41) is 11.4. The number of aromatic nitrogens is 4. The van der Waals surface area contributed by atoms with Gasteiger partial charge in [0.1, 0.15) is 0 Å². The molecule has 2 heterocycles. The average Bonchev–Trinajstić information content (AvgIpc) is 3.14. The van der Waals surface area contributed by atoms with E-state index in [-0.39, 0.29) is 0 Å². The van der Waals surface area contributed by atoms with Crippen LogP contribution in [0.1, 0.15) is 5.56 Å². The SMILES string of the molecule is N#Cc1ccc2cc(-c3nc4ccccc4nc3-c3ccc(-c4nc(-c5ccccc5)cc(-c5ccccc5)n4)cc3)ccc2c1. The van der Waals surface area contributed by atoms with Crippen molar-refractivity contribution in [2.75, 3.05) is 0 Å². The molecule has 0 aliphatic rings. The highest BCUT2D eigenvalue weighted by atomic mass is 14.9. The molecule has 2 aromatic heterocycles. The fraction of sp³-hybridized carbons (Fsp3) is 0. The number of fused-ring (bicyclic) bond motifs is 2. The molecule has 0 saturated heterocycles. The first-order valence-electron chi connectivity index (χ1n) is 15.0. The number of para-hydroxylation sites is 2. The maximum absolute atomic E-state index is 9.34. The second kappa shape index (κ2) is 11.5. The van der Waals surface area contributed by atoms with E-state index in [1.165, 1.54) is 0 Å². The van der Waals surface area contributed by atoms with Crippen molar-refractivity contribution < 1.29 is 0 Å². The summed E-state index contributed by atoms with van der Waals surface area (Å²) in [5.74, 6) is 0.655. The number of hydrogen-bond acceptors (Lipinski definition) is 5. The lowest BCUT2D eigenvalue weighted by atomic mass is 9.99. The van der Waals surface area contributed by atoms with Crippen molar-refractivity contribution in [1.82, 2.24) is 19.9 Å². The molecule has 0 aliphatic heterocycles. The minimum atomic E-state index is 0.640. The number of nitriles is 1. The fourth-order valence-electron chi connectivity index (χ4n) is 5.73. The number of nitrogens with zero attached hydrogens (tertiary/aromatic N) is 5. The van der Waals surface area contributed by atoms with Gasteiger partial charge in [0.05, 0.1) is 45.4 Å². The molecule has 0 atom stereocenters. The van der Waals surface area contributed by atoms with Gasteiger partial charge in [-0.15, -0.1) is 0 Å².